The fourth-order valence-corrected chi connectivity index (χ4v) is 0. The second kappa shape index (κ2) is 2.47. The molecule has 0 aliphatic rings. The first-order chi connectivity index (χ1) is 1.91. The summed E-state index contributed by atoms with van der Waals surface area (Å²) in [6, 6.07) is 0. The van der Waals surface area contributed by atoms with Gasteiger partial charge in [-0.1, -0.05) is 5.16 Å². The zero-order valence-electron chi connectivity index (χ0n) is 2.43. The molecule has 0 unspecified atom stereocenters. The van der Waals surface area contributed by atoms with Gasteiger partial charge in [-0.15, -0.1) is 0 Å². The van der Waals surface area contributed by atoms with E-state index < -0.39 is 0 Å². The van der Waals surface area contributed by atoms with Crippen LogP contribution < -0.4 is 0 Å². The summed E-state index contributed by atoms with van der Waals surface area (Å²) in [5.74, 6) is 0. The molecular weight excluding hydrogens is 54.0 g/mol. The van der Waals surface area contributed by atoms with Gasteiger partial charge < -0.3 is 4.84 Å². The van der Waals surface area contributed by atoms with Crippen molar-refractivity contribution >= 4 is 6.72 Å². The minimum Gasteiger partial charge on any atom is -0.399 e. The van der Waals surface area contributed by atoms with Gasteiger partial charge in [-0.05, 0) is 0 Å². The van der Waals surface area contributed by atoms with E-state index in [4.69, 9.17) is 0 Å². The molecule has 0 spiro atoms. The number of hydrogen-bond acceptors (Lipinski definition) is 2. The maximum Gasteiger partial charge on any atom is 0.106 e. The summed E-state index contributed by atoms with van der Waals surface area (Å²) in [6.45, 7) is 4.43. The molecule has 0 amide bonds. The van der Waals surface area contributed by atoms with Crippen molar-refractivity contribution < 1.29 is 4.84 Å². The van der Waals surface area contributed by atoms with Crippen LogP contribution in [0.2, 0.25) is 0 Å². The van der Waals surface area contributed by atoms with Crippen LogP contribution >= 0.6 is 0 Å². The molecule has 0 N–H and O–H groups in total. The highest BCUT2D eigenvalue weighted by Crippen LogP contribution is 1.49. The van der Waals surface area contributed by atoms with Crippen molar-refractivity contribution in [2.24, 2.45) is 5.16 Å². The predicted octanol–water partition coefficient (Wildman–Crippen LogP) is 0.125. The normalized spacial score (nSPS) is 5.25. The molecule has 23 valence electrons. The average molecular weight is 58.1 g/mol. The Labute approximate surface area is 25.1 Å². The van der Waals surface area contributed by atoms with Crippen LogP contribution in [0.3, 0.4) is 0 Å². The van der Waals surface area contributed by atoms with Crippen LogP contribution in [-0.2, 0) is 4.84 Å². The maximum atomic E-state index is 4.43. The fraction of sp³-hybridized carbons (Fsp3) is 0.500. The third-order valence-corrected chi connectivity index (χ3v) is 0.105. The van der Waals surface area contributed by atoms with Crippen LogP contribution in [0.4, 0.5) is 0 Å². The topological polar surface area (TPSA) is 21.6 Å². The largest absolute Gasteiger partial charge is 0.399 e. The lowest BCUT2D eigenvalue weighted by Crippen LogP contribution is -1.55. The number of hydrogen-bond donors (Lipinski definition) is 0. The Morgan fingerprint density at radius 1 is 2.00 bits per heavy atom. The summed E-state index contributed by atoms with van der Waals surface area (Å²) in [4.78, 5) is 3.94. The van der Waals surface area contributed by atoms with Crippen molar-refractivity contribution in [3.05, 3.63) is 0 Å². The zero-order chi connectivity index (χ0) is 3.41. The third-order valence-electron chi connectivity index (χ3n) is 0.105. The molecule has 0 aliphatic carbocycles. The van der Waals surface area contributed by atoms with Crippen LogP contribution in [0.25, 0.3) is 0 Å². The zero-order valence-corrected chi connectivity index (χ0v) is 2.43. The molecule has 0 aromatic rings. The highest BCUT2D eigenvalue weighted by atomic mass is 16.6. The lowest BCUT2D eigenvalue weighted by molar-refractivity contribution is 0.217. The SMILES string of the molecule is [CH]=NOC. The molecule has 0 saturated carbocycles. The summed E-state index contributed by atoms with van der Waals surface area (Å²) in [6.07, 6.45) is 0. The van der Waals surface area contributed by atoms with E-state index in [0.717, 1.165) is 0 Å². The summed E-state index contributed by atoms with van der Waals surface area (Å²) in [7, 11) is 1.39. The Hall–Kier alpha value is -0.530. The van der Waals surface area contributed by atoms with Crippen molar-refractivity contribution in [1.82, 2.24) is 0 Å². The molecule has 0 bridgehead atoms. The van der Waals surface area contributed by atoms with Gasteiger partial charge >= 0.3 is 0 Å². The molecule has 1 radical (unpaired) electrons. The number of nitrogens with zero attached hydrogens (tertiary/aromatic N) is 1. The molecule has 0 heterocycles. The second-order valence-electron chi connectivity index (χ2n) is 0.288. The van der Waals surface area contributed by atoms with Gasteiger partial charge in [0, 0.05) is 0 Å². The van der Waals surface area contributed by atoms with Crippen LogP contribution in [0.15, 0.2) is 5.16 Å². The summed E-state index contributed by atoms with van der Waals surface area (Å²) < 4.78 is 0. The maximum absolute atomic E-state index is 4.43. The Morgan fingerprint density at radius 2 is 2.25 bits per heavy atom. The summed E-state index contributed by atoms with van der Waals surface area (Å²) in [5, 5.41) is 2.74. The first kappa shape index (κ1) is 3.47. The molecule has 0 aromatic heterocycles. The molecule has 0 rings (SSSR count). The highest BCUT2D eigenvalue weighted by Gasteiger charge is 1.35. The lowest BCUT2D eigenvalue weighted by atomic mass is 11.7. The van der Waals surface area contributed by atoms with Gasteiger partial charge in [0.15, 0.2) is 0 Å². The van der Waals surface area contributed by atoms with E-state index >= 15 is 0 Å². The molecule has 0 saturated heterocycles. The smallest absolute Gasteiger partial charge is 0.106 e. The standard InChI is InChI=1S/C2H4NO/c1-3-4-2/h1H,2H3. The molecule has 0 aliphatic heterocycles. The Balaban J connectivity index is 2.30. The molecule has 0 atom stereocenters. The monoisotopic (exact) mass is 58.0 g/mol. The summed E-state index contributed by atoms with van der Waals surface area (Å²) >= 11 is 0. The van der Waals surface area contributed by atoms with Crippen LogP contribution in [-0.4, -0.2) is 13.8 Å². The molecule has 2 heteroatoms. The van der Waals surface area contributed by atoms with E-state index in [9.17, 15) is 0 Å². The van der Waals surface area contributed by atoms with Gasteiger partial charge in [0.1, 0.15) is 7.11 Å². The highest BCUT2D eigenvalue weighted by molar-refractivity contribution is 5.21. The Kier molecular flexibility index (Phi) is 2.14. The van der Waals surface area contributed by atoms with E-state index in [2.05, 4.69) is 16.7 Å². The molecule has 0 aromatic carbocycles. The van der Waals surface area contributed by atoms with Crippen LogP contribution in [0.1, 0.15) is 0 Å². The van der Waals surface area contributed by atoms with Crippen molar-refractivity contribution in [2.45, 2.75) is 0 Å². The quantitative estimate of drug-likeness (QED) is 0.310. The van der Waals surface area contributed by atoms with Crippen molar-refractivity contribution in [2.75, 3.05) is 7.11 Å². The fourth-order valence-electron chi connectivity index (χ4n) is 0. The molecule has 2 nitrogen and oxygen atoms in total. The Morgan fingerprint density at radius 3 is 2.25 bits per heavy atom. The minimum absolute atomic E-state index is 1.39. The molecule has 4 heavy (non-hydrogen) atoms. The number of rotatable bonds is 1. The van der Waals surface area contributed by atoms with Crippen molar-refractivity contribution in [3.8, 4) is 0 Å². The van der Waals surface area contributed by atoms with Gasteiger partial charge in [0.25, 0.3) is 0 Å². The van der Waals surface area contributed by atoms with E-state index in [1.165, 1.54) is 7.11 Å². The minimum atomic E-state index is 1.39. The first-order valence-corrected chi connectivity index (χ1v) is 0.849. The van der Waals surface area contributed by atoms with E-state index in [1.807, 2.05) is 0 Å². The van der Waals surface area contributed by atoms with Crippen molar-refractivity contribution in [3.63, 3.8) is 0 Å². The van der Waals surface area contributed by atoms with Gasteiger partial charge in [0.05, 0.1) is 6.72 Å². The third kappa shape index (κ3) is 1.47. The van der Waals surface area contributed by atoms with E-state index in [-0.39, 0.29) is 0 Å². The molecular formula is C2H4NO. The Bertz CT molecular complexity index is 20.0. The van der Waals surface area contributed by atoms with E-state index in [1.54, 1.807) is 0 Å². The average Bonchev–Trinajstić information content (AvgIpc) is 1.37. The van der Waals surface area contributed by atoms with Gasteiger partial charge in [-0.25, -0.2) is 0 Å². The van der Waals surface area contributed by atoms with Gasteiger partial charge in [-0.3, -0.25) is 0 Å². The van der Waals surface area contributed by atoms with Crippen molar-refractivity contribution in [1.29, 1.82) is 0 Å². The van der Waals surface area contributed by atoms with Gasteiger partial charge in [-0.2, -0.15) is 0 Å². The summed E-state index contributed by atoms with van der Waals surface area (Å²) in [5.41, 5.74) is 0. The van der Waals surface area contributed by atoms with Crippen LogP contribution in [0, 0.1) is 0 Å². The van der Waals surface area contributed by atoms with E-state index in [0.29, 0.717) is 0 Å². The predicted molar refractivity (Wildman–Crippen MR) is 15.5 cm³/mol. The molecule has 0 fully saturated rings. The second-order valence-corrected chi connectivity index (χ2v) is 0.288. The lowest BCUT2D eigenvalue weighted by Gasteiger charge is -1.70. The first-order valence-electron chi connectivity index (χ1n) is 0.849. The van der Waals surface area contributed by atoms with Gasteiger partial charge in [0.2, 0.25) is 0 Å². The van der Waals surface area contributed by atoms with Crippen LogP contribution in [0.5, 0.6) is 0 Å².